The van der Waals surface area contributed by atoms with Crippen molar-refractivity contribution in [2.75, 3.05) is 7.11 Å². The number of nitrogens with one attached hydrogen (secondary N) is 1. The van der Waals surface area contributed by atoms with Crippen molar-refractivity contribution >= 4 is 27.5 Å². The fourth-order valence-corrected chi connectivity index (χ4v) is 2.17. The largest absolute Gasteiger partial charge is 0.496 e. The number of hydrogen-bond donors (Lipinski definition) is 1. The fourth-order valence-electron chi connectivity index (χ4n) is 2.17. The van der Waals surface area contributed by atoms with Crippen LogP contribution in [0.2, 0.25) is 0 Å². The topological polar surface area (TPSA) is 68.2 Å². The molecule has 1 aromatic heterocycles. The van der Waals surface area contributed by atoms with Crippen LogP contribution in [-0.4, -0.2) is 17.0 Å². The van der Waals surface area contributed by atoms with E-state index in [1.807, 2.05) is 24.3 Å². The number of H-pyrrole nitrogens is 1. The van der Waals surface area contributed by atoms with Crippen molar-refractivity contribution in [2.45, 2.75) is 0 Å². The number of ether oxygens (including phenoxy) is 1. The third-order valence-electron chi connectivity index (χ3n) is 3.00. The molecule has 0 aliphatic rings. The zero-order valence-corrected chi connectivity index (χ0v) is 9.64. The van der Waals surface area contributed by atoms with Gasteiger partial charge in [-0.15, -0.1) is 0 Å². The number of rotatable bonds is 2. The first kappa shape index (κ1) is 10.6. The van der Waals surface area contributed by atoms with E-state index in [2.05, 4.69) is 4.98 Å². The third kappa shape index (κ3) is 1.41. The van der Waals surface area contributed by atoms with Gasteiger partial charge in [-0.2, -0.15) is 0 Å². The first-order chi connectivity index (χ1) is 8.70. The van der Waals surface area contributed by atoms with Crippen LogP contribution in [-0.2, 0) is 0 Å². The van der Waals surface area contributed by atoms with E-state index < -0.39 is 4.92 Å². The molecule has 0 fully saturated rings. The lowest BCUT2D eigenvalue weighted by atomic mass is 10.1. The van der Waals surface area contributed by atoms with Crippen LogP contribution in [0.1, 0.15) is 0 Å². The second-order valence-corrected chi connectivity index (χ2v) is 4.00. The van der Waals surface area contributed by atoms with Gasteiger partial charge >= 0.3 is 0 Å². The van der Waals surface area contributed by atoms with Gasteiger partial charge in [-0.1, -0.05) is 18.2 Å². The van der Waals surface area contributed by atoms with Gasteiger partial charge in [-0.3, -0.25) is 10.1 Å². The Bertz CT molecular complexity index is 761. The summed E-state index contributed by atoms with van der Waals surface area (Å²) in [7, 11) is 1.50. The molecule has 1 N–H and O–H groups in total. The maximum Gasteiger partial charge on any atom is 0.297 e. The van der Waals surface area contributed by atoms with Crippen LogP contribution in [0.4, 0.5) is 5.69 Å². The van der Waals surface area contributed by atoms with Gasteiger partial charge in [0.15, 0.2) is 0 Å². The van der Waals surface area contributed by atoms with Crippen molar-refractivity contribution in [2.24, 2.45) is 0 Å². The van der Waals surface area contributed by atoms with Crippen LogP contribution in [0.3, 0.4) is 0 Å². The normalized spacial score (nSPS) is 10.9. The highest BCUT2D eigenvalue weighted by molar-refractivity contribution is 6.10. The molecule has 3 aromatic rings. The van der Waals surface area contributed by atoms with E-state index in [9.17, 15) is 10.1 Å². The summed E-state index contributed by atoms with van der Waals surface area (Å²) in [5.41, 5.74) is 1.44. The van der Waals surface area contributed by atoms with Crippen molar-refractivity contribution < 1.29 is 9.66 Å². The van der Waals surface area contributed by atoms with Gasteiger partial charge in [0.05, 0.1) is 18.1 Å². The van der Waals surface area contributed by atoms with E-state index in [0.717, 1.165) is 16.3 Å². The molecule has 0 radical (unpaired) electrons. The number of aromatic amines is 1. The predicted octanol–water partition coefficient (Wildman–Crippen LogP) is 3.24. The summed E-state index contributed by atoms with van der Waals surface area (Å²) in [6.07, 6.45) is 0. The van der Waals surface area contributed by atoms with Crippen molar-refractivity contribution in [1.82, 2.24) is 4.98 Å². The Morgan fingerprint density at radius 3 is 2.72 bits per heavy atom. The van der Waals surface area contributed by atoms with Crippen molar-refractivity contribution in [3.05, 3.63) is 46.5 Å². The molecule has 18 heavy (non-hydrogen) atoms. The minimum absolute atomic E-state index is 0.0283. The van der Waals surface area contributed by atoms with Gasteiger partial charge in [0.2, 0.25) is 0 Å². The molecule has 90 valence electrons. The minimum atomic E-state index is -0.403. The van der Waals surface area contributed by atoms with Gasteiger partial charge in [-0.25, -0.2) is 0 Å². The van der Waals surface area contributed by atoms with Crippen LogP contribution in [0.5, 0.6) is 5.75 Å². The number of nitro groups is 1. The second-order valence-electron chi connectivity index (χ2n) is 4.00. The molecular weight excluding hydrogens is 232 g/mol. The molecular formula is C13H10N2O3. The molecule has 0 unspecified atom stereocenters. The van der Waals surface area contributed by atoms with Crippen LogP contribution < -0.4 is 4.74 Å². The third-order valence-corrected chi connectivity index (χ3v) is 3.00. The van der Waals surface area contributed by atoms with Crippen LogP contribution in [0, 0.1) is 10.1 Å². The smallest absolute Gasteiger partial charge is 0.297 e. The highest BCUT2D eigenvalue weighted by Crippen LogP contribution is 2.35. The summed E-state index contributed by atoms with van der Waals surface area (Å²) in [5, 5.41) is 12.8. The molecule has 0 saturated carbocycles. The van der Waals surface area contributed by atoms with E-state index >= 15 is 0 Å². The highest BCUT2D eigenvalue weighted by atomic mass is 16.6. The van der Waals surface area contributed by atoms with E-state index in [4.69, 9.17) is 4.74 Å². The number of non-ortho nitro benzene ring substituents is 1. The van der Waals surface area contributed by atoms with E-state index in [0.29, 0.717) is 11.3 Å². The standard InChI is InChI=1S/C13H10N2O3/c1-18-8-6-10-9-4-2-3-5-11(9)14-13(10)12(7-8)15(16)17/h2-7,14H,1H3. The lowest BCUT2D eigenvalue weighted by Gasteiger charge is -2.00. The van der Waals surface area contributed by atoms with Crippen LogP contribution in [0.25, 0.3) is 21.8 Å². The Morgan fingerprint density at radius 1 is 1.22 bits per heavy atom. The molecule has 0 amide bonds. The predicted molar refractivity (Wildman–Crippen MR) is 69.0 cm³/mol. The van der Waals surface area contributed by atoms with Gasteiger partial charge in [-0.05, 0) is 12.1 Å². The van der Waals surface area contributed by atoms with Gasteiger partial charge in [0.25, 0.3) is 5.69 Å². The minimum Gasteiger partial charge on any atom is -0.496 e. The van der Waals surface area contributed by atoms with Crippen molar-refractivity contribution in [3.8, 4) is 5.75 Å². The molecule has 2 aromatic carbocycles. The maximum absolute atomic E-state index is 11.1. The van der Waals surface area contributed by atoms with Crippen molar-refractivity contribution in [3.63, 3.8) is 0 Å². The number of fused-ring (bicyclic) bond motifs is 3. The lowest BCUT2D eigenvalue weighted by molar-refractivity contribution is -0.383. The maximum atomic E-state index is 11.1. The molecule has 0 atom stereocenters. The summed E-state index contributed by atoms with van der Waals surface area (Å²) in [5.74, 6) is 0.485. The Hall–Kier alpha value is -2.56. The second kappa shape index (κ2) is 3.73. The van der Waals surface area contributed by atoms with Gasteiger partial charge in [0, 0.05) is 16.3 Å². The van der Waals surface area contributed by atoms with Crippen LogP contribution >= 0.6 is 0 Å². The number of nitrogens with zero attached hydrogens (tertiary/aromatic N) is 1. The number of hydrogen-bond acceptors (Lipinski definition) is 3. The Kier molecular flexibility index (Phi) is 2.19. The molecule has 0 aliphatic heterocycles. The fraction of sp³-hybridized carbons (Fsp3) is 0.0769. The van der Waals surface area contributed by atoms with Crippen LogP contribution in [0.15, 0.2) is 36.4 Å². The first-order valence-electron chi connectivity index (χ1n) is 5.43. The lowest BCUT2D eigenvalue weighted by Crippen LogP contribution is -1.91. The Labute approximate surface area is 102 Å². The summed E-state index contributed by atoms with van der Waals surface area (Å²) >= 11 is 0. The zero-order chi connectivity index (χ0) is 12.7. The summed E-state index contributed by atoms with van der Waals surface area (Å²) in [4.78, 5) is 13.8. The summed E-state index contributed by atoms with van der Waals surface area (Å²) < 4.78 is 5.11. The monoisotopic (exact) mass is 242 g/mol. The average Bonchev–Trinajstić information content (AvgIpc) is 2.75. The molecule has 5 nitrogen and oxygen atoms in total. The number of benzene rings is 2. The number of para-hydroxylation sites is 1. The average molecular weight is 242 g/mol. The Morgan fingerprint density at radius 2 is 2.00 bits per heavy atom. The van der Waals surface area contributed by atoms with Crippen molar-refractivity contribution in [1.29, 1.82) is 0 Å². The SMILES string of the molecule is COc1cc([N+](=O)[O-])c2[nH]c3ccccc3c2c1. The molecule has 5 heteroatoms. The van der Waals surface area contributed by atoms with E-state index in [1.165, 1.54) is 13.2 Å². The molecule has 0 spiro atoms. The highest BCUT2D eigenvalue weighted by Gasteiger charge is 2.17. The molecule has 0 saturated heterocycles. The summed E-state index contributed by atoms with van der Waals surface area (Å²) in [6.45, 7) is 0. The Balaban J connectivity index is 2.50. The van der Waals surface area contributed by atoms with Gasteiger partial charge in [0.1, 0.15) is 11.3 Å². The molecule has 3 rings (SSSR count). The zero-order valence-electron chi connectivity index (χ0n) is 9.64. The van der Waals surface area contributed by atoms with Gasteiger partial charge < -0.3 is 9.72 Å². The van der Waals surface area contributed by atoms with E-state index in [-0.39, 0.29) is 5.69 Å². The summed E-state index contributed by atoms with van der Waals surface area (Å²) in [6, 6.07) is 10.9. The number of methoxy groups -OCH3 is 1. The quantitative estimate of drug-likeness (QED) is 0.554. The number of nitro benzene ring substituents is 1. The number of aromatic nitrogens is 1. The molecule has 1 heterocycles. The van der Waals surface area contributed by atoms with E-state index in [1.54, 1.807) is 6.07 Å². The molecule has 0 aliphatic carbocycles. The molecule has 0 bridgehead atoms. The first-order valence-corrected chi connectivity index (χ1v) is 5.43.